The molecule has 0 amide bonds. The Morgan fingerprint density at radius 3 is 2.50 bits per heavy atom. The minimum Gasteiger partial charge on any atom is -0.392 e. The van der Waals surface area contributed by atoms with Gasteiger partial charge in [0.25, 0.3) is 0 Å². The standard InChI is InChI=1S/C30H33N5O/c1-19(2)28(20(3)36)32-16-21-9-11-23(12-10-21)30-25(22-7-5-4-6-8-22)15-26-27(35-30)13-14-31-29(26)24-17-33-34-18-24/h4-9,11,13-15,17-20,28,32,36H,10,12,16H2,1-3H3,(H,33,34). The number of rotatable bonds is 8. The summed E-state index contributed by atoms with van der Waals surface area (Å²) in [7, 11) is 0. The smallest absolute Gasteiger partial charge is 0.0827 e. The highest BCUT2D eigenvalue weighted by Crippen LogP contribution is 2.37. The average molecular weight is 480 g/mol. The molecule has 0 spiro atoms. The van der Waals surface area contributed by atoms with Gasteiger partial charge in [0.1, 0.15) is 0 Å². The number of hydrogen-bond donors (Lipinski definition) is 3. The summed E-state index contributed by atoms with van der Waals surface area (Å²) in [5.74, 6) is 0.372. The Labute approximate surface area is 212 Å². The Bertz CT molecular complexity index is 1380. The third kappa shape index (κ3) is 5.01. The fourth-order valence-electron chi connectivity index (χ4n) is 5.03. The van der Waals surface area contributed by atoms with Crippen LogP contribution in [-0.4, -0.2) is 44.0 Å². The zero-order valence-electron chi connectivity index (χ0n) is 21.1. The van der Waals surface area contributed by atoms with Crippen molar-refractivity contribution in [2.24, 2.45) is 5.92 Å². The van der Waals surface area contributed by atoms with Crippen LogP contribution in [0.4, 0.5) is 0 Å². The maximum atomic E-state index is 10.1. The number of H-pyrrole nitrogens is 1. The van der Waals surface area contributed by atoms with Crippen molar-refractivity contribution in [2.75, 3.05) is 6.54 Å². The van der Waals surface area contributed by atoms with E-state index in [9.17, 15) is 5.11 Å². The molecular formula is C30H33N5O. The molecule has 0 bridgehead atoms. The molecule has 0 saturated heterocycles. The number of fused-ring (bicyclic) bond motifs is 1. The molecule has 3 heterocycles. The van der Waals surface area contributed by atoms with Gasteiger partial charge in [0.05, 0.1) is 29.2 Å². The van der Waals surface area contributed by atoms with Crippen LogP contribution in [-0.2, 0) is 0 Å². The lowest BCUT2D eigenvalue weighted by atomic mass is 9.90. The van der Waals surface area contributed by atoms with Crippen LogP contribution in [0, 0.1) is 5.92 Å². The van der Waals surface area contributed by atoms with Crippen LogP contribution < -0.4 is 5.32 Å². The fourth-order valence-corrected chi connectivity index (χ4v) is 5.03. The number of aromatic amines is 1. The van der Waals surface area contributed by atoms with Gasteiger partial charge in [-0.2, -0.15) is 5.10 Å². The molecule has 1 aliphatic carbocycles. The third-order valence-electron chi connectivity index (χ3n) is 6.94. The summed E-state index contributed by atoms with van der Waals surface area (Å²) in [6.07, 6.45) is 11.4. The molecule has 3 aromatic heterocycles. The SMILES string of the molecule is CC(C)C(NCC1=CC=C(c2nc3ccnc(-c4cn[nH]c4)c3cc2-c2ccccc2)CC1)C(C)O. The molecule has 2 atom stereocenters. The predicted octanol–water partition coefficient (Wildman–Crippen LogP) is 5.79. The van der Waals surface area contributed by atoms with E-state index in [2.05, 4.69) is 76.8 Å². The summed E-state index contributed by atoms with van der Waals surface area (Å²) in [6.45, 7) is 6.92. The molecule has 5 rings (SSSR count). The van der Waals surface area contributed by atoms with E-state index in [1.807, 2.05) is 31.5 Å². The van der Waals surface area contributed by atoms with Crippen LogP contribution in [0.25, 0.3) is 38.9 Å². The lowest BCUT2D eigenvalue weighted by Crippen LogP contribution is -2.43. The zero-order valence-corrected chi connectivity index (χ0v) is 21.1. The second kappa shape index (κ2) is 10.6. The van der Waals surface area contributed by atoms with Gasteiger partial charge in [-0.25, -0.2) is 4.98 Å². The molecule has 6 nitrogen and oxygen atoms in total. The second-order valence-electron chi connectivity index (χ2n) is 9.87. The van der Waals surface area contributed by atoms with Gasteiger partial charge < -0.3 is 10.4 Å². The van der Waals surface area contributed by atoms with Gasteiger partial charge in [-0.1, -0.05) is 61.9 Å². The van der Waals surface area contributed by atoms with Crippen LogP contribution in [0.15, 0.2) is 78.8 Å². The van der Waals surface area contributed by atoms with Gasteiger partial charge >= 0.3 is 0 Å². The van der Waals surface area contributed by atoms with E-state index in [1.54, 1.807) is 6.20 Å². The highest BCUT2D eigenvalue weighted by Gasteiger charge is 2.21. The van der Waals surface area contributed by atoms with Crippen LogP contribution in [0.3, 0.4) is 0 Å². The van der Waals surface area contributed by atoms with Gasteiger partial charge in [0, 0.05) is 41.5 Å². The van der Waals surface area contributed by atoms with Crippen LogP contribution in [0.1, 0.15) is 39.3 Å². The number of aromatic nitrogens is 4. The number of nitrogens with zero attached hydrogens (tertiary/aromatic N) is 3. The highest BCUT2D eigenvalue weighted by atomic mass is 16.3. The van der Waals surface area contributed by atoms with Crippen LogP contribution in [0.5, 0.6) is 0 Å². The average Bonchev–Trinajstić information content (AvgIpc) is 3.43. The first-order valence-corrected chi connectivity index (χ1v) is 12.7. The summed E-state index contributed by atoms with van der Waals surface area (Å²) in [4.78, 5) is 9.82. The number of hydrogen-bond acceptors (Lipinski definition) is 5. The molecule has 0 fully saturated rings. The number of nitrogens with one attached hydrogen (secondary N) is 2. The summed E-state index contributed by atoms with van der Waals surface area (Å²) in [5.41, 5.74) is 8.59. The van der Waals surface area contributed by atoms with E-state index in [0.29, 0.717) is 5.92 Å². The van der Waals surface area contributed by atoms with Crippen molar-refractivity contribution < 1.29 is 5.11 Å². The maximum absolute atomic E-state index is 10.1. The van der Waals surface area contributed by atoms with Gasteiger partial charge in [-0.05, 0) is 49.0 Å². The molecule has 2 unspecified atom stereocenters. The normalized spacial score (nSPS) is 15.6. The summed E-state index contributed by atoms with van der Waals surface area (Å²) in [5, 5.41) is 21.7. The van der Waals surface area contributed by atoms with Gasteiger partial charge in [0.2, 0.25) is 0 Å². The minimum absolute atomic E-state index is 0.0844. The summed E-state index contributed by atoms with van der Waals surface area (Å²) < 4.78 is 0. The van der Waals surface area contributed by atoms with E-state index < -0.39 is 0 Å². The topological polar surface area (TPSA) is 86.7 Å². The van der Waals surface area contributed by atoms with Crippen molar-refractivity contribution >= 4 is 16.5 Å². The minimum atomic E-state index is -0.378. The fraction of sp³-hybridized carbons (Fsp3) is 0.300. The van der Waals surface area contributed by atoms with E-state index in [1.165, 1.54) is 11.1 Å². The lowest BCUT2D eigenvalue weighted by Gasteiger charge is -2.26. The largest absolute Gasteiger partial charge is 0.392 e. The number of aliphatic hydroxyl groups is 1. The first kappa shape index (κ1) is 24.1. The highest BCUT2D eigenvalue weighted by molar-refractivity contribution is 5.97. The van der Waals surface area contributed by atoms with Crippen molar-refractivity contribution in [1.82, 2.24) is 25.5 Å². The van der Waals surface area contributed by atoms with Crippen LogP contribution >= 0.6 is 0 Å². The van der Waals surface area contributed by atoms with Gasteiger partial charge in [-0.3, -0.25) is 10.1 Å². The summed E-state index contributed by atoms with van der Waals surface area (Å²) >= 11 is 0. The Morgan fingerprint density at radius 1 is 1.00 bits per heavy atom. The molecular weight excluding hydrogens is 446 g/mol. The number of allylic oxidation sites excluding steroid dienone is 3. The molecule has 0 saturated carbocycles. The number of pyridine rings is 2. The first-order chi connectivity index (χ1) is 17.5. The molecule has 3 N–H and O–H groups in total. The second-order valence-corrected chi connectivity index (χ2v) is 9.87. The Kier molecular flexibility index (Phi) is 7.07. The Balaban J connectivity index is 1.53. The van der Waals surface area contributed by atoms with E-state index in [-0.39, 0.29) is 12.1 Å². The quantitative estimate of drug-likeness (QED) is 0.298. The van der Waals surface area contributed by atoms with E-state index >= 15 is 0 Å². The molecule has 0 aliphatic heterocycles. The monoisotopic (exact) mass is 479 g/mol. The molecule has 1 aliphatic rings. The van der Waals surface area contributed by atoms with Crippen molar-refractivity contribution in [3.8, 4) is 22.4 Å². The molecule has 6 heteroatoms. The van der Waals surface area contributed by atoms with Crippen molar-refractivity contribution in [3.63, 3.8) is 0 Å². The number of benzene rings is 1. The molecule has 184 valence electrons. The number of aliphatic hydroxyl groups excluding tert-OH is 1. The third-order valence-corrected chi connectivity index (χ3v) is 6.94. The van der Waals surface area contributed by atoms with Crippen molar-refractivity contribution in [2.45, 2.75) is 45.8 Å². The maximum Gasteiger partial charge on any atom is 0.0827 e. The van der Waals surface area contributed by atoms with Crippen molar-refractivity contribution in [3.05, 3.63) is 84.5 Å². The molecule has 1 aromatic carbocycles. The lowest BCUT2D eigenvalue weighted by molar-refractivity contribution is 0.123. The van der Waals surface area contributed by atoms with E-state index in [0.717, 1.165) is 58.4 Å². The van der Waals surface area contributed by atoms with Gasteiger partial charge in [0.15, 0.2) is 0 Å². The molecule has 4 aromatic rings. The summed E-state index contributed by atoms with van der Waals surface area (Å²) in [6, 6.07) is 14.7. The zero-order chi connectivity index (χ0) is 25.1. The van der Waals surface area contributed by atoms with E-state index in [4.69, 9.17) is 4.98 Å². The van der Waals surface area contributed by atoms with Crippen molar-refractivity contribution in [1.29, 1.82) is 0 Å². The molecule has 0 radical (unpaired) electrons. The first-order valence-electron chi connectivity index (χ1n) is 12.7. The molecule has 36 heavy (non-hydrogen) atoms. The Hall–Kier alpha value is -3.61. The Morgan fingerprint density at radius 2 is 1.83 bits per heavy atom. The van der Waals surface area contributed by atoms with Gasteiger partial charge in [-0.15, -0.1) is 0 Å². The predicted molar refractivity (Wildman–Crippen MR) is 146 cm³/mol. The van der Waals surface area contributed by atoms with Crippen LogP contribution in [0.2, 0.25) is 0 Å².